The Bertz CT molecular complexity index is 201. The fraction of sp³-hybridized carbons (Fsp3) is 0.889. The lowest BCUT2D eigenvalue weighted by molar-refractivity contribution is 0.0527. The Hall–Kier alpha value is -0.420. The quantitative estimate of drug-likeness (QED) is 0.695. The van der Waals surface area contributed by atoms with Crippen molar-refractivity contribution in [2.45, 2.75) is 12.5 Å². The van der Waals surface area contributed by atoms with Crippen LogP contribution in [-0.2, 0) is 4.74 Å². The van der Waals surface area contributed by atoms with E-state index >= 15 is 0 Å². The molecule has 1 unspecified atom stereocenters. The standard InChI is InChI=1S/C9H16N2O2S/c12-9(10-8-1-6-14-7-8)11-2-4-13-5-3-11/h8H,1-7H2,(H,10,12). The summed E-state index contributed by atoms with van der Waals surface area (Å²) in [6.45, 7) is 2.80. The van der Waals surface area contributed by atoms with Gasteiger partial charge in [-0.25, -0.2) is 4.79 Å². The number of thioether (sulfide) groups is 1. The van der Waals surface area contributed by atoms with Crippen molar-refractivity contribution >= 4 is 17.8 Å². The molecule has 5 heteroatoms. The molecular formula is C9H16N2O2S. The number of hydrogen-bond acceptors (Lipinski definition) is 3. The monoisotopic (exact) mass is 216 g/mol. The number of rotatable bonds is 1. The zero-order valence-electron chi connectivity index (χ0n) is 8.20. The minimum atomic E-state index is 0.0841. The molecule has 14 heavy (non-hydrogen) atoms. The number of ether oxygens (including phenoxy) is 1. The first-order chi connectivity index (χ1) is 6.86. The van der Waals surface area contributed by atoms with E-state index in [1.807, 2.05) is 16.7 Å². The zero-order valence-corrected chi connectivity index (χ0v) is 9.02. The fourth-order valence-electron chi connectivity index (χ4n) is 1.68. The third-order valence-electron chi connectivity index (χ3n) is 2.56. The SMILES string of the molecule is O=C(NC1CCSC1)N1CCOCC1. The Morgan fingerprint density at radius 1 is 1.43 bits per heavy atom. The highest BCUT2D eigenvalue weighted by Crippen LogP contribution is 2.17. The van der Waals surface area contributed by atoms with Gasteiger partial charge in [-0.2, -0.15) is 11.8 Å². The van der Waals surface area contributed by atoms with Gasteiger partial charge in [-0.15, -0.1) is 0 Å². The van der Waals surface area contributed by atoms with Gasteiger partial charge in [0, 0.05) is 24.9 Å². The van der Waals surface area contributed by atoms with E-state index in [9.17, 15) is 4.79 Å². The van der Waals surface area contributed by atoms with Crippen LogP contribution in [-0.4, -0.2) is 54.8 Å². The summed E-state index contributed by atoms with van der Waals surface area (Å²) >= 11 is 1.91. The molecule has 0 spiro atoms. The molecule has 2 aliphatic rings. The summed E-state index contributed by atoms with van der Waals surface area (Å²) in [7, 11) is 0. The first-order valence-electron chi connectivity index (χ1n) is 5.07. The number of hydrogen-bond donors (Lipinski definition) is 1. The van der Waals surface area contributed by atoms with E-state index in [0.717, 1.165) is 25.3 Å². The summed E-state index contributed by atoms with van der Waals surface area (Å²) in [6, 6.07) is 0.469. The maximum absolute atomic E-state index is 11.7. The lowest BCUT2D eigenvalue weighted by atomic mass is 10.3. The van der Waals surface area contributed by atoms with E-state index in [2.05, 4.69) is 5.32 Å². The van der Waals surface area contributed by atoms with Crippen molar-refractivity contribution in [1.29, 1.82) is 0 Å². The first kappa shape index (κ1) is 10.1. The average Bonchev–Trinajstić information content (AvgIpc) is 2.72. The van der Waals surface area contributed by atoms with Gasteiger partial charge in [-0.3, -0.25) is 0 Å². The van der Waals surface area contributed by atoms with Crippen LogP contribution in [0.25, 0.3) is 0 Å². The van der Waals surface area contributed by atoms with Gasteiger partial charge in [0.05, 0.1) is 13.2 Å². The topological polar surface area (TPSA) is 41.6 Å². The molecule has 0 aromatic heterocycles. The second-order valence-electron chi connectivity index (χ2n) is 3.61. The maximum Gasteiger partial charge on any atom is 0.317 e. The van der Waals surface area contributed by atoms with E-state index in [1.54, 1.807) is 0 Å². The smallest absolute Gasteiger partial charge is 0.317 e. The summed E-state index contributed by atoms with van der Waals surface area (Å²) in [5.41, 5.74) is 0. The Kier molecular flexibility index (Phi) is 3.53. The van der Waals surface area contributed by atoms with Gasteiger partial charge < -0.3 is 15.0 Å². The molecule has 2 amide bonds. The average molecular weight is 216 g/mol. The highest BCUT2D eigenvalue weighted by Gasteiger charge is 2.22. The molecule has 1 atom stereocenters. The number of urea groups is 1. The van der Waals surface area contributed by atoms with E-state index in [1.165, 1.54) is 5.75 Å². The number of amides is 2. The van der Waals surface area contributed by atoms with Crippen LogP contribution in [0, 0.1) is 0 Å². The molecular weight excluding hydrogens is 200 g/mol. The molecule has 1 N–H and O–H groups in total. The number of nitrogens with one attached hydrogen (secondary N) is 1. The van der Waals surface area contributed by atoms with E-state index < -0.39 is 0 Å². The van der Waals surface area contributed by atoms with Crippen LogP contribution < -0.4 is 5.32 Å². The highest BCUT2D eigenvalue weighted by molar-refractivity contribution is 7.99. The minimum absolute atomic E-state index is 0.0841. The number of carbonyl (C=O) groups excluding carboxylic acids is 1. The summed E-state index contributed by atoms with van der Waals surface area (Å²) in [4.78, 5) is 13.5. The van der Waals surface area contributed by atoms with Crippen molar-refractivity contribution in [3.05, 3.63) is 0 Å². The van der Waals surface area contributed by atoms with Crippen molar-refractivity contribution in [1.82, 2.24) is 10.2 Å². The van der Waals surface area contributed by atoms with Crippen LogP contribution in [0.2, 0.25) is 0 Å². The first-order valence-corrected chi connectivity index (χ1v) is 6.22. The Labute approximate surface area is 88.4 Å². The molecule has 0 aliphatic carbocycles. The number of nitrogens with zero attached hydrogens (tertiary/aromatic N) is 1. The summed E-state index contributed by atoms with van der Waals surface area (Å²) in [5, 5.41) is 3.06. The molecule has 2 saturated heterocycles. The van der Waals surface area contributed by atoms with Crippen molar-refractivity contribution in [2.75, 3.05) is 37.8 Å². The molecule has 2 rings (SSSR count). The second-order valence-corrected chi connectivity index (χ2v) is 4.76. The fourth-order valence-corrected chi connectivity index (χ4v) is 2.83. The molecule has 2 aliphatic heterocycles. The molecule has 0 aromatic carbocycles. The third kappa shape index (κ3) is 2.54. The van der Waals surface area contributed by atoms with E-state index in [-0.39, 0.29) is 6.03 Å². The van der Waals surface area contributed by atoms with Gasteiger partial charge >= 0.3 is 6.03 Å². The van der Waals surface area contributed by atoms with Gasteiger partial charge in [0.15, 0.2) is 0 Å². The van der Waals surface area contributed by atoms with Crippen LogP contribution >= 0.6 is 11.8 Å². The van der Waals surface area contributed by atoms with Crippen molar-refractivity contribution in [3.63, 3.8) is 0 Å². The molecule has 0 saturated carbocycles. The van der Waals surface area contributed by atoms with Crippen LogP contribution in [0.4, 0.5) is 4.79 Å². The summed E-state index contributed by atoms with van der Waals surface area (Å²) < 4.78 is 5.19. The lowest BCUT2D eigenvalue weighted by Gasteiger charge is -2.28. The zero-order chi connectivity index (χ0) is 9.80. The summed E-state index contributed by atoms with van der Waals surface area (Å²) in [5.74, 6) is 2.24. The third-order valence-corrected chi connectivity index (χ3v) is 3.72. The van der Waals surface area contributed by atoms with E-state index in [0.29, 0.717) is 19.3 Å². The van der Waals surface area contributed by atoms with Crippen molar-refractivity contribution in [2.24, 2.45) is 0 Å². The lowest BCUT2D eigenvalue weighted by Crippen LogP contribution is -2.49. The summed E-state index contributed by atoms with van der Waals surface area (Å²) in [6.07, 6.45) is 1.11. The predicted octanol–water partition coefficient (Wildman–Crippen LogP) is 0.534. The van der Waals surface area contributed by atoms with Crippen LogP contribution in [0.5, 0.6) is 0 Å². The van der Waals surface area contributed by atoms with Crippen LogP contribution in [0.15, 0.2) is 0 Å². The van der Waals surface area contributed by atoms with Crippen LogP contribution in [0.3, 0.4) is 0 Å². The van der Waals surface area contributed by atoms with Gasteiger partial charge in [0.2, 0.25) is 0 Å². The van der Waals surface area contributed by atoms with E-state index in [4.69, 9.17) is 4.74 Å². The van der Waals surface area contributed by atoms with Crippen LogP contribution in [0.1, 0.15) is 6.42 Å². The Morgan fingerprint density at radius 2 is 2.21 bits per heavy atom. The molecule has 80 valence electrons. The van der Waals surface area contributed by atoms with Gasteiger partial charge in [-0.1, -0.05) is 0 Å². The molecule has 0 bridgehead atoms. The van der Waals surface area contributed by atoms with Crippen molar-refractivity contribution in [3.8, 4) is 0 Å². The Morgan fingerprint density at radius 3 is 2.86 bits per heavy atom. The molecule has 0 radical (unpaired) electrons. The number of morpholine rings is 1. The van der Waals surface area contributed by atoms with Gasteiger partial charge in [0.1, 0.15) is 0 Å². The normalized spacial score (nSPS) is 27.7. The van der Waals surface area contributed by atoms with Gasteiger partial charge in [-0.05, 0) is 12.2 Å². The highest BCUT2D eigenvalue weighted by atomic mass is 32.2. The second kappa shape index (κ2) is 4.89. The number of carbonyl (C=O) groups is 1. The van der Waals surface area contributed by atoms with Gasteiger partial charge in [0.25, 0.3) is 0 Å². The maximum atomic E-state index is 11.7. The molecule has 2 heterocycles. The largest absolute Gasteiger partial charge is 0.378 e. The predicted molar refractivity (Wildman–Crippen MR) is 56.7 cm³/mol. The molecule has 0 aromatic rings. The molecule has 2 fully saturated rings. The Balaban J connectivity index is 1.75. The minimum Gasteiger partial charge on any atom is -0.378 e. The molecule has 4 nitrogen and oxygen atoms in total. The van der Waals surface area contributed by atoms with Crippen molar-refractivity contribution < 1.29 is 9.53 Å².